The fraction of sp³-hybridized carbons (Fsp3) is 0.333. The highest BCUT2D eigenvalue weighted by Gasteiger charge is 2.34. The molecular formula is C12H13NO3S. The zero-order valence-electron chi connectivity index (χ0n) is 9.46. The topological polar surface area (TPSA) is 46.6 Å². The minimum Gasteiger partial charge on any atom is -0.468 e. The molecule has 2 rings (SSSR count). The Labute approximate surface area is 104 Å². The monoisotopic (exact) mass is 251 g/mol. The summed E-state index contributed by atoms with van der Waals surface area (Å²) in [7, 11) is 1.33. The molecule has 1 amide bonds. The van der Waals surface area contributed by atoms with E-state index < -0.39 is 0 Å². The average Bonchev–Trinajstić information content (AvgIpc) is 2.72. The van der Waals surface area contributed by atoms with E-state index in [9.17, 15) is 9.59 Å². The molecule has 1 aliphatic heterocycles. The first-order chi connectivity index (χ1) is 8.22. The summed E-state index contributed by atoms with van der Waals surface area (Å²) in [5, 5.41) is -0.0807. The molecule has 1 atom stereocenters. The molecule has 0 spiro atoms. The van der Waals surface area contributed by atoms with Crippen LogP contribution in [0.2, 0.25) is 0 Å². The van der Waals surface area contributed by atoms with Crippen LogP contribution in [0.5, 0.6) is 0 Å². The highest BCUT2D eigenvalue weighted by molar-refractivity contribution is 8.00. The average molecular weight is 251 g/mol. The SMILES string of the molecule is COC(=O)CN1C(=O)CSC1c1ccccc1. The van der Waals surface area contributed by atoms with Crippen LogP contribution in [-0.4, -0.2) is 36.2 Å². The standard InChI is InChI=1S/C12H13NO3S/c1-16-11(15)7-13-10(14)8-17-12(13)9-5-3-2-4-6-9/h2-6,12H,7-8H2,1H3. The van der Waals surface area contributed by atoms with Gasteiger partial charge in [0.05, 0.1) is 12.9 Å². The van der Waals surface area contributed by atoms with Gasteiger partial charge in [0.25, 0.3) is 0 Å². The number of carbonyl (C=O) groups is 2. The van der Waals surface area contributed by atoms with Gasteiger partial charge in [0.1, 0.15) is 11.9 Å². The molecule has 0 N–H and O–H groups in total. The molecule has 1 heterocycles. The van der Waals surface area contributed by atoms with Crippen LogP contribution in [0, 0.1) is 0 Å². The van der Waals surface area contributed by atoms with Gasteiger partial charge >= 0.3 is 5.97 Å². The lowest BCUT2D eigenvalue weighted by atomic mass is 10.2. The van der Waals surface area contributed by atoms with E-state index in [0.717, 1.165) is 5.56 Å². The van der Waals surface area contributed by atoms with E-state index in [-0.39, 0.29) is 23.8 Å². The highest BCUT2D eigenvalue weighted by atomic mass is 32.2. The van der Waals surface area contributed by atoms with Crippen molar-refractivity contribution in [2.45, 2.75) is 5.37 Å². The van der Waals surface area contributed by atoms with E-state index in [0.29, 0.717) is 5.75 Å². The van der Waals surface area contributed by atoms with Crippen molar-refractivity contribution in [1.29, 1.82) is 0 Å². The summed E-state index contributed by atoms with van der Waals surface area (Å²) in [5.41, 5.74) is 1.03. The molecule has 1 aliphatic rings. The molecule has 1 fully saturated rings. The van der Waals surface area contributed by atoms with Gasteiger partial charge in [0.2, 0.25) is 5.91 Å². The molecule has 1 aromatic rings. The summed E-state index contributed by atoms with van der Waals surface area (Å²) in [6, 6.07) is 9.70. The molecule has 1 unspecified atom stereocenters. The maximum atomic E-state index is 11.7. The molecule has 5 heteroatoms. The molecule has 0 radical (unpaired) electrons. The first kappa shape index (κ1) is 12.0. The minimum atomic E-state index is -0.387. The van der Waals surface area contributed by atoms with Gasteiger partial charge in [0.15, 0.2) is 0 Å². The number of methoxy groups -OCH3 is 1. The first-order valence-corrected chi connectivity index (χ1v) is 6.30. The van der Waals surface area contributed by atoms with E-state index in [4.69, 9.17) is 0 Å². The molecule has 1 aromatic carbocycles. The smallest absolute Gasteiger partial charge is 0.325 e. The van der Waals surface area contributed by atoms with E-state index in [1.165, 1.54) is 18.9 Å². The van der Waals surface area contributed by atoms with E-state index in [1.54, 1.807) is 4.90 Å². The van der Waals surface area contributed by atoms with Crippen LogP contribution < -0.4 is 0 Å². The zero-order valence-corrected chi connectivity index (χ0v) is 10.3. The lowest BCUT2D eigenvalue weighted by molar-refractivity contribution is -0.146. The Morgan fingerprint density at radius 1 is 1.47 bits per heavy atom. The second-order valence-electron chi connectivity index (χ2n) is 3.67. The zero-order chi connectivity index (χ0) is 12.3. The number of nitrogens with zero attached hydrogens (tertiary/aromatic N) is 1. The predicted molar refractivity (Wildman–Crippen MR) is 65.4 cm³/mol. The third kappa shape index (κ3) is 2.61. The molecule has 90 valence electrons. The summed E-state index contributed by atoms with van der Waals surface area (Å²) in [6.07, 6.45) is 0. The van der Waals surface area contributed by atoms with Crippen LogP contribution >= 0.6 is 11.8 Å². The van der Waals surface area contributed by atoms with Crippen molar-refractivity contribution in [3.05, 3.63) is 35.9 Å². The fourth-order valence-corrected chi connectivity index (χ4v) is 2.91. The molecular weight excluding hydrogens is 238 g/mol. The van der Waals surface area contributed by atoms with Crippen molar-refractivity contribution >= 4 is 23.6 Å². The van der Waals surface area contributed by atoms with Crippen LogP contribution in [0.25, 0.3) is 0 Å². The maximum Gasteiger partial charge on any atom is 0.325 e. The third-order valence-electron chi connectivity index (χ3n) is 2.58. The Hall–Kier alpha value is -1.49. The Bertz CT molecular complexity index is 421. The number of ether oxygens (including phenoxy) is 1. The normalized spacial score (nSPS) is 19.5. The minimum absolute atomic E-state index is 0.0158. The summed E-state index contributed by atoms with van der Waals surface area (Å²) >= 11 is 1.53. The quantitative estimate of drug-likeness (QED) is 0.762. The fourth-order valence-electron chi connectivity index (χ4n) is 1.72. The molecule has 0 aliphatic carbocycles. The van der Waals surface area contributed by atoms with Crippen LogP contribution in [-0.2, 0) is 14.3 Å². The van der Waals surface area contributed by atoms with Crippen molar-refractivity contribution in [3.8, 4) is 0 Å². The van der Waals surface area contributed by atoms with E-state index >= 15 is 0 Å². The van der Waals surface area contributed by atoms with Gasteiger partial charge in [-0.15, -0.1) is 11.8 Å². The number of thioether (sulfide) groups is 1. The van der Waals surface area contributed by atoms with Gasteiger partial charge in [-0.05, 0) is 5.56 Å². The number of hydrogen-bond donors (Lipinski definition) is 0. The second-order valence-corrected chi connectivity index (χ2v) is 4.74. The molecule has 4 nitrogen and oxygen atoms in total. The summed E-state index contributed by atoms with van der Waals surface area (Å²) in [4.78, 5) is 24.5. The predicted octanol–water partition coefficient (Wildman–Crippen LogP) is 1.43. The van der Waals surface area contributed by atoms with Crippen LogP contribution in [0.15, 0.2) is 30.3 Å². The maximum absolute atomic E-state index is 11.7. The first-order valence-electron chi connectivity index (χ1n) is 5.25. The highest BCUT2D eigenvalue weighted by Crippen LogP contribution is 2.38. The Kier molecular flexibility index (Phi) is 3.68. The van der Waals surface area contributed by atoms with Gasteiger partial charge in [-0.3, -0.25) is 9.59 Å². The van der Waals surface area contributed by atoms with Gasteiger partial charge < -0.3 is 9.64 Å². The molecule has 1 saturated heterocycles. The summed E-state index contributed by atoms with van der Waals surface area (Å²) in [5.74, 6) is 0.00680. The van der Waals surface area contributed by atoms with Crippen molar-refractivity contribution in [2.24, 2.45) is 0 Å². The number of esters is 1. The molecule has 0 aromatic heterocycles. The van der Waals surface area contributed by atoms with E-state index in [2.05, 4.69) is 4.74 Å². The lowest BCUT2D eigenvalue weighted by Crippen LogP contribution is -2.33. The third-order valence-corrected chi connectivity index (χ3v) is 3.84. The molecule has 0 saturated carbocycles. The van der Waals surface area contributed by atoms with Crippen molar-refractivity contribution in [2.75, 3.05) is 19.4 Å². The Morgan fingerprint density at radius 3 is 2.82 bits per heavy atom. The van der Waals surface area contributed by atoms with Gasteiger partial charge in [0, 0.05) is 0 Å². The largest absolute Gasteiger partial charge is 0.468 e. The number of amides is 1. The molecule has 0 bridgehead atoms. The number of carbonyl (C=O) groups excluding carboxylic acids is 2. The lowest BCUT2D eigenvalue weighted by Gasteiger charge is -2.22. The van der Waals surface area contributed by atoms with Gasteiger partial charge in [-0.25, -0.2) is 0 Å². The number of rotatable bonds is 3. The van der Waals surface area contributed by atoms with Crippen molar-refractivity contribution in [3.63, 3.8) is 0 Å². The Morgan fingerprint density at radius 2 is 2.18 bits per heavy atom. The summed E-state index contributed by atoms with van der Waals surface area (Å²) < 4.78 is 4.60. The van der Waals surface area contributed by atoms with Gasteiger partial charge in [-0.2, -0.15) is 0 Å². The van der Waals surface area contributed by atoms with Crippen LogP contribution in [0.1, 0.15) is 10.9 Å². The number of benzene rings is 1. The van der Waals surface area contributed by atoms with Crippen LogP contribution in [0.3, 0.4) is 0 Å². The summed E-state index contributed by atoms with van der Waals surface area (Å²) in [6.45, 7) is 0.0158. The molecule has 17 heavy (non-hydrogen) atoms. The van der Waals surface area contributed by atoms with E-state index in [1.807, 2.05) is 30.3 Å². The Balaban J connectivity index is 2.16. The van der Waals surface area contributed by atoms with Crippen LogP contribution in [0.4, 0.5) is 0 Å². The number of hydrogen-bond acceptors (Lipinski definition) is 4. The van der Waals surface area contributed by atoms with Crippen molar-refractivity contribution < 1.29 is 14.3 Å². The van der Waals surface area contributed by atoms with Gasteiger partial charge in [-0.1, -0.05) is 30.3 Å². The second kappa shape index (κ2) is 5.23. The van der Waals surface area contributed by atoms with Crippen molar-refractivity contribution in [1.82, 2.24) is 4.90 Å².